The van der Waals surface area contributed by atoms with Crippen molar-refractivity contribution in [1.29, 1.82) is 0 Å². The number of hydrogen-bond acceptors (Lipinski definition) is 3. The fourth-order valence-corrected chi connectivity index (χ4v) is 1.74. The normalized spacial score (nSPS) is 10.7. The molecule has 0 fully saturated rings. The molecule has 0 saturated carbocycles. The van der Waals surface area contributed by atoms with E-state index in [-0.39, 0.29) is 0 Å². The number of rotatable bonds is 3. The van der Waals surface area contributed by atoms with E-state index in [1.165, 1.54) is 5.56 Å². The van der Waals surface area contributed by atoms with Gasteiger partial charge < -0.3 is 5.73 Å². The van der Waals surface area contributed by atoms with E-state index < -0.39 is 0 Å². The Morgan fingerprint density at radius 1 is 1.25 bits per heavy atom. The summed E-state index contributed by atoms with van der Waals surface area (Å²) in [6, 6.07) is 8.14. The summed E-state index contributed by atoms with van der Waals surface area (Å²) in [4.78, 5) is 4.39. The highest BCUT2D eigenvalue weighted by atomic mass is 15.3. The van der Waals surface area contributed by atoms with Crippen LogP contribution in [0.25, 0.3) is 5.69 Å². The molecule has 0 radical (unpaired) electrons. The van der Waals surface area contributed by atoms with Gasteiger partial charge in [-0.3, -0.25) is 0 Å². The summed E-state index contributed by atoms with van der Waals surface area (Å²) in [5, 5.41) is 4.41. The summed E-state index contributed by atoms with van der Waals surface area (Å²) < 4.78 is 1.89. The topological polar surface area (TPSA) is 56.7 Å². The third-order valence-electron chi connectivity index (χ3n) is 2.49. The van der Waals surface area contributed by atoms with Crippen molar-refractivity contribution >= 4 is 0 Å². The second-order valence-corrected chi connectivity index (χ2v) is 3.81. The summed E-state index contributed by atoms with van der Waals surface area (Å²) in [6.07, 6.45) is 0.745. The predicted molar refractivity (Wildman–Crippen MR) is 63.6 cm³/mol. The van der Waals surface area contributed by atoms with Crippen LogP contribution in [0.15, 0.2) is 24.3 Å². The largest absolute Gasteiger partial charge is 0.330 e. The first-order chi connectivity index (χ1) is 7.72. The number of hydrogen-bond donors (Lipinski definition) is 1. The van der Waals surface area contributed by atoms with Crippen LogP contribution in [0.2, 0.25) is 0 Å². The van der Waals surface area contributed by atoms with E-state index in [4.69, 9.17) is 5.73 Å². The van der Waals surface area contributed by atoms with Crippen molar-refractivity contribution in [3.05, 3.63) is 41.5 Å². The number of para-hydroxylation sites is 1. The van der Waals surface area contributed by atoms with Gasteiger partial charge in [0.15, 0.2) is 0 Å². The number of aromatic nitrogens is 3. The molecule has 4 heteroatoms. The van der Waals surface area contributed by atoms with Crippen molar-refractivity contribution in [3.8, 4) is 5.69 Å². The van der Waals surface area contributed by atoms with E-state index in [1.807, 2.05) is 29.8 Å². The van der Waals surface area contributed by atoms with E-state index in [0.717, 1.165) is 23.8 Å². The maximum Gasteiger partial charge on any atom is 0.148 e. The molecule has 0 aliphatic heterocycles. The molecule has 16 heavy (non-hydrogen) atoms. The van der Waals surface area contributed by atoms with Gasteiger partial charge >= 0.3 is 0 Å². The van der Waals surface area contributed by atoms with E-state index in [9.17, 15) is 0 Å². The van der Waals surface area contributed by atoms with Gasteiger partial charge in [0.2, 0.25) is 0 Å². The van der Waals surface area contributed by atoms with Crippen LogP contribution in [0.5, 0.6) is 0 Å². The van der Waals surface area contributed by atoms with Gasteiger partial charge in [0, 0.05) is 6.42 Å². The second-order valence-electron chi connectivity index (χ2n) is 3.81. The zero-order valence-corrected chi connectivity index (χ0v) is 9.64. The van der Waals surface area contributed by atoms with Crippen LogP contribution in [-0.2, 0) is 6.42 Å². The van der Waals surface area contributed by atoms with Crippen LogP contribution < -0.4 is 5.73 Å². The van der Waals surface area contributed by atoms with Crippen LogP contribution in [0, 0.1) is 13.8 Å². The molecule has 1 aromatic heterocycles. The van der Waals surface area contributed by atoms with Crippen molar-refractivity contribution in [2.75, 3.05) is 6.54 Å². The van der Waals surface area contributed by atoms with Crippen molar-refractivity contribution in [1.82, 2.24) is 14.8 Å². The molecule has 2 aromatic rings. The van der Waals surface area contributed by atoms with Crippen molar-refractivity contribution in [3.63, 3.8) is 0 Å². The maximum atomic E-state index is 5.57. The summed E-state index contributed by atoms with van der Waals surface area (Å²) in [6.45, 7) is 4.55. The van der Waals surface area contributed by atoms with Gasteiger partial charge in [0.25, 0.3) is 0 Å². The van der Waals surface area contributed by atoms with Crippen LogP contribution in [0.3, 0.4) is 0 Å². The highest BCUT2D eigenvalue weighted by Crippen LogP contribution is 2.14. The number of aryl methyl sites for hydroxylation is 2. The molecule has 1 aromatic carbocycles. The first-order valence-corrected chi connectivity index (χ1v) is 5.41. The molecule has 2 rings (SSSR count). The summed E-state index contributed by atoms with van der Waals surface area (Å²) >= 11 is 0. The molecular formula is C12H16N4. The average molecular weight is 216 g/mol. The van der Waals surface area contributed by atoms with Gasteiger partial charge in [0.05, 0.1) is 5.69 Å². The lowest BCUT2D eigenvalue weighted by Gasteiger charge is -2.07. The van der Waals surface area contributed by atoms with Crippen LogP contribution >= 0.6 is 0 Å². The molecule has 0 spiro atoms. The van der Waals surface area contributed by atoms with E-state index >= 15 is 0 Å². The first-order valence-electron chi connectivity index (χ1n) is 5.41. The molecule has 0 bridgehead atoms. The Morgan fingerprint density at radius 3 is 2.69 bits per heavy atom. The van der Waals surface area contributed by atoms with Gasteiger partial charge in [-0.1, -0.05) is 18.2 Å². The Hall–Kier alpha value is -1.68. The van der Waals surface area contributed by atoms with Crippen molar-refractivity contribution in [2.24, 2.45) is 5.73 Å². The Balaban J connectivity index is 2.51. The predicted octanol–water partition coefficient (Wildman–Crippen LogP) is 1.39. The van der Waals surface area contributed by atoms with Crippen LogP contribution in [-0.4, -0.2) is 21.3 Å². The van der Waals surface area contributed by atoms with E-state index in [1.54, 1.807) is 0 Å². The fourth-order valence-electron chi connectivity index (χ4n) is 1.74. The molecule has 0 amide bonds. The minimum atomic E-state index is 0.587. The van der Waals surface area contributed by atoms with Gasteiger partial charge in [0.1, 0.15) is 11.6 Å². The minimum absolute atomic E-state index is 0.587. The fraction of sp³-hybridized carbons (Fsp3) is 0.333. The Labute approximate surface area is 95.1 Å². The molecule has 0 aliphatic rings. The lowest BCUT2D eigenvalue weighted by Crippen LogP contribution is -2.10. The van der Waals surface area contributed by atoms with E-state index in [0.29, 0.717) is 6.54 Å². The molecule has 0 saturated heterocycles. The van der Waals surface area contributed by atoms with Gasteiger partial charge in [-0.15, -0.1) is 0 Å². The first kappa shape index (κ1) is 10.8. The molecule has 1 heterocycles. The minimum Gasteiger partial charge on any atom is -0.330 e. The second kappa shape index (κ2) is 4.45. The summed E-state index contributed by atoms with van der Waals surface area (Å²) in [7, 11) is 0. The van der Waals surface area contributed by atoms with E-state index in [2.05, 4.69) is 23.1 Å². The number of benzene rings is 1. The standard InChI is InChI=1S/C12H16N4/c1-9-5-3-4-6-11(9)16-12(7-8-13)14-10(2)15-16/h3-6H,7-8,13H2,1-2H3. The monoisotopic (exact) mass is 216 g/mol. The third-order valence-corrected chi connectivity index (χ3v) is 2.49. The SMILES string of the molecule is Cc1nc(CCN)n(-c2ccccc2C)n1. The summed E-state index contributed by atoms with van der Waals surface area (Å²) in [5.74, 6) is 1.71. The van der Waals surface area contributed by atoms with Gasteiger partial charge in [-0.05, 0) is 32.0 Å². The molecule has 0 unspecified atom stereocenters. The number of nitrogens with two attached hydrogens (primary N) is 1. The average Bonchev–Trinajstić information content (AvgIpc) is 2.61. The Morgan fingerprint density at radius 2 is 2.00 bits per heavy atom. The zero-order chi connectivity index (χ0) is 11.5. The van der Waals surface area contributed by atoms with Crippen molar-refractivity contribution < 1.29 is 0 Å². The summed E-state index contributed by atoms with van der Waals surface area (Å²) in [5.41, 5.74) is 7.84. The Bertz CT molecular complexity index is 488. The van der Waals surface area contributed by atoms with Gasteiger partial charge in [-0.2, -0.15) is 5.10 Å². The molecule has 0 aliphatic carbocycles. The lowest BCUT2D eigenvalue weighted by molar-refractivity contribution is 0.770. The van der Waals surface area contributed by atoms with Crippen LogP contribution in [0.1, 0.15) is 17.2 Å². The highest BCUT2D eigenvalue weighted by molar-refractivity contribution is 5.39. The zero-order valence-electron chi connectivity index (χ0n) is 9.64. The molecule has 84 valence electrons. The highest BCUT2D eigenvalue weighted by Gasteiger charge is 2.09. The molecule has 2 N–H and O–H groups in total. The Kier molecular flexibility index (Phi) is 3.01. The molecule has 0 atom stereocenters. The third kappa shape index (κ3) is 1.97. The van der Waals surface area contributed by atoms with Crippen LogP contribution in [0.4, 0.5) is 0 Å². The molecular weight excluding hydrogens is 200 g/mol. The quantitative estimate of drug-likeness (QED) is 0.843. The number of nitrogens with zero attached hydrogens (tertiary/aromatic N) is 3. The smallest absolute Gasteiger partial charge is 0.148 e. The van der Waals surface area contributed by atoms with Gasteiger partial charge in [-0.25, -0.2) is 9.67 Å². The maximum absolute atomic E-state index is 5.57. The van der Waals surface area contributed by atoms with Crippen molar-refractivity contribution in [2.45, 2.75) is 20.3 Å². The molecule has 4 nitrogen and oxygen atoms in total. The lowest BCUT2D eigenvalue weighted by atomic mass is 10.2.